The number of benzene rings is 1. The highest BCUT2D eigenvalue weighted by molar-refractivity contribution is 7.42. The molecule has 1 rings (SSSR count). The summed E-state index contributed by atoms with van der Waals surface area (Å²) in [4.78, 5) is 10.7. The van der Waals surface area contributed by atoms with Gasteiger partial charge in [-0.3, -0.25) is 4.79 Å². The average molecular weight is 240 g/mol. The van der Waals surface area contributed by atoms with Crippen LogP contribution in [0.3, 0.4) is 0 Å². The first-order valence-corrected chi connectivity index (χ1v) is 6.00. The number of carbonyl (C=O) groups excluding carboxylic acids is 1. The number of carbonyl (C=O) groups is 1. The van der Waals surface area contributed by atoms with Crippen LogP contribution in [0, 0.1) is 0 Å². The van der Waals surface area contributed by atoms with E-state index in [1.54, 1.807) is 12.1 Å². The SMILES string of the molecule is CC(=O)Oc1ccc(POC(C)(C)C)cc1. The number of rotatable bonds is 3. The minimum Gasteiger partial charge on any atom is -0.427 e. The monoisotopic (exact) mass is 240 g/mol. The molecule has 0 heterocycles. The smallest absolute Gasteiger partial charge is 0.308 e. The highest BCUT2D eigenvalue weighted by Gasteiger charge is 2.10. The molecule has 0 radical (unpaired) electrons. The van der Waals surface area contributed by atoms with Gasteiger partial charge in [0, 0.05) is 15.7 Å². The first-order valence-electron chi connectivity index (χ1n) is 5.09. The summed E-state index contributed by atoms with van der Waals surface area (Å²) in [5, 5.41) is 1.09. The van der Waals surface area contributed by atoms with Crippen LogP contribution in [0.4, 0.5) is 0 Å². The lowest BCUT2D eigenvalue weighted by Gasteiger charge is -2.19. The molecule has 1 aromatic rings. The lowest BCUT2D eigenvalue weighted by atomic mass is 10.2. The fourth-order valence-corrected chi connectivity index (χ4v) is 1.70. The van der Waals surface area contributed by atoms with Gasteiger partial charge in [-0.05, 0) is 50.3 Å². The van der Waals surface area contributed by atoms with Gasteiger partial charge in [-0.1, -0.05) is 0 Å². The number of esters is 1. The van der Waals surface area contributed by atoms with Crippen LogP contribution in [-0.4, -0.2) is 11.6 Å². The van der Waals surface area contributed by atoms with Crippen molar-refractivity contribution in [2.75, 3.05) is 0 Å². The Morgan fingerprint density at radius 1 is 1.19 bits per heavy atom. The molecule has 0 spiro atoms. The fourth-order valence-electron chi connectivity index (χ4n) is 0.969. The average Bonchev–Trinajstić information content (AvgIpc) is 2.14. The van der Waals surface area contributed by atoms with Crippen molar-refractivity contribution in [1.29, 1.82) is 0 Å². The maximum atomic E-state index is 10.7. The third-order valence-corrected chi connectivity index (χ3v) is 2.87. The Labute approximate surface area is 98.0 Å². The molecular weight excluding hydrogens is 223 g/mol. The number of hydrogen-bond donors (Lipinski definition) is 0. The van der Waals surface area contributed by atoms with Crippen molar-refractivity contribution in [3.8, 4) is 5.75 Å². The Kier molecular flexibility index (Phi) is 4.45. The van der Waals surface area contributed by atoms with E-state index >= 15 is 0 Å². The normalized spacial score (nSPS) is 12.0. The van der Waals surface area contributed by atoms with Crippen LogP contribution in [0.15, 0.2) is 24.3 Å². The van der Waals surface area contributed by atoms with Gasteiger partial charge in [0.1, 0.15) is 5.75 Å². The quantitative estimate of drug-likeness (QED) is 0.463. The second-order valence-corrected chi connectivity index (χ2v) is 5.42. The van der Waals surface area contributed by atoms with Gasteiger partial charge >= 0.3 is 5.97 Å². The van der Waals surface area contributed by atoms with Gasteiger partial charge in [-0.25, -0.2) is 0 Å². The second kappa shape index (κ2) is 5.42. The Bertz CT molecular complexity index is 352. The maximum Gasteiger partial charge on any atom is 0.308 e. The molecule has 0 aliphatic heterocycles. The van der Waals surface area contributed by atoms with E-state index in [4.69, 9.17) is 9.26 Å². The van der Waals surface area contributed by atoms with E-state index in [0.29, 0.717) is 14.6 Å². The van der Waals surface area contributed by atoms with Crippen molar-refractivity contribution in [2.24, 2.45) is 0 Å². The zero-order chi connectivity index (χ0) is 12.2. The lowest BCUT2D eigenvalue weighted by Crippen LogP contribution is -2.15. The highest BCUT2D eigenvalue weighted by Crippen LogP contribution is 2.23. The van der Waals surface area contributed by atoms with Gasteiger partial charge in [0.2, 0.25) is 0 Å². The molecule has 0 amide bonds. The van der Waals surface area contributed by atoms with Crippen molar-refractivity contribution < 1.29 is 14.1 Å². The third-order valence-electron chi connectivity index (χ3n) is 1.59. The van der Waals surface area contributed by atoms with E-state index in [2.05, 4.69) is 0 Å². The topological polar surface area (TPSA) is 35.5 Å². The van der Waals surface area contributed by atoms with Gasteiger partial charge in [0.05, 0.1) is 5.60 Å². The molecule has 0 aromatic heterocycles. The first kappa shape index (κ1) is 13.1. The van der Waals surface area contributed by atoms with Gasteiger partial charge in [-0.15, -0.1) is 0 Å². The molecular formula is C12H17O3P. The van der Waals surface area contributed by atoms with E-state index in [-0.39, 0.29) is 11.6 Å². The summed E-state index contributed by atoms with van der Waals surface area (Å²) < 4.78 is 10.6. The molecule has 0 fully saturated rings. The summed E-state index contributed by atoms with van der Waals surface area (Å²) in [5.74, 6) is 0.262. The van der Waals surface area contributed by atoms with Crippen LogP contribution in [0.5, 0.6) is 5.75 Å². The predicted octanol–water partition coefficient (Wildman–Crippen LogP) is 2.65. The highest BCUT2D eigenvalue weighted by atomic mass is 31.1. The first-order chi connectivity index (χ1) is 7.37. The summed E-state index contributed by atoms with van der Waals surface area (Å²) in [7, 11) is 0.308. The summed E-state index contributed by atoms with van der Waals surface area (Å²) in [6.45, 7) is 7.45. The van der Waals surface area contributed by atoms with E-state index in [1.807, 2.05) is 32.9 Å². The molecule has 16 heavy (non-hydrogen) atoms. The lowest BCUT2D eigenvalue weighted by molar-refractivity contribution is -0.131. The largest absolute Gasteiger partial charge is 0.427 e. The van der Waals surface area contributed by atoms with Crippen LogP contribution in [0.1, 0.15) is 27.7 Å². The summed E-state index contributed by atoms with van der Waals surface area (Å²) >= 11 is 0. The van der Waals surface area contributed by atoms with E-state index in [0.717, 1.165) is 5.30 Å². The molecule has 0 saturated carbocycles. The number of ether oxygens (including phenoxy) is 1. The molecule has 1 unspecified atom stereocenters. The van der Waals surface area contributed by atoms with Crippen molar-refractivity contribution in [3.05, 3.63) is 24.3 Å². The molecule has 1 aromatic carbocycles. The zero-order valence-electron chi connectivity index (χ0n) is 10.0. The van der Waals surface area contributed by atoms with Crippen molar-refractivity contribution in [2.45, 2.75) is 33.3 Å². The Morgan fingerprint density at radius 2 is 1.75 bits per heavy atom. The zero-order valence-corrected chi connectivity index (χ0v) is 11.0. The van der Waals surface area contributed by atoms with Crippen LogP contribution >= 0.6 is 8.81 Å². The Balaban J connectivity index is 2.55. The van der Waals surface area contributed by atoms with Crippen molar-refractivity contribution >= 4 is 20.1 Å². The standard InChI is InChI=1S/C12H17O3P/c1-9(13)14-10-5-7-11(8-6-10)16-15-12(2,3)4/h5-8,16H,1-4H3. The molecule has 0 saturated heterocycles. The van der Waals surface area contributed by atoms with Gasteiger partial charge < -0.3 is 9.26 Å². The summed E-state index contributed by atoms with van der Waals surface area (Å²) in [6, 6.07) is 7.36. The Morgan fingerprint density at radius 3 is 2.19 bits per heavy atom. The number of hydrogen-bond acceptors (Lipinski definition) is 3. The van der Waals surface area contributed by atoms with E-state index in [9.17, 15) is 4.79 Å². The Hall–Kier alpha value is -0.920. The molecule has 88 valence electrons. The maximum absolute atomic E-state index is 10.7. The molecule has 0 N–H and O–H groups in total. The molecule has 0 bridgehead atoms. The van der Waals surface area contributed by atoms with Gasteiger partial charge in [0.25, 0.3) is 0 Å². The van der Waals surface area contributed by atoms with Crippen LogP contribution < -0.4 is 10.0 Å². The van der Waals surface area contributed by atoms with Crippen LogP contribution in [0.25, 0.3) is 0 Å². The summed E-state index contributed by atoms with van der Waals surface area (Å²) in [6.07, 6.45) is 0. The van der Waals surface area contributed by atoms with Crippen LogP contribution in [-0.2, 0) is 9.32 Å². The molecule has 1 atom stereocenters. The molecule has 3 nitrogen and oxygen atoms in total. The molecule has 0 aliphatic carbocycles. The van der Waals surface area contributed by atoms with E-state index in [1.165, 1.54) is 6.92 Å². The van der Waals surface area contributed by atoms with Crippen LogP contribution in [0.2, 0.25) is 0 Å². The fraction of sp³-hybridized carbons (Fsp3) is 0.417. The van der Waals surface area contributed by atoms with Crippen molar-refractivity contribution in [1.82, 2.24) is 0 Å². The predicted molar refractivity (Wildman–Crippen MR) is 66.5 cm³/mol. The molecule has 4 heteroatoms. The van der Waals surface area contributed by atoms with Gasteiger partial charge in [0.15, 0.2) is 0 Å². The van der Waals surface area contributed by atoms with Crippen molar-refractivity contribution in [3.63, 3.8) is 0 Å². The summed E-state index contributed by atoms with van der Waals surface area (Å²) in [5.41, 5.74) is -0.132. The minimum absolute atomic E-state index is 0.132. The molecule has 0 aliphatic rings. The minimum atomic E-state index is -0.304. The third kappa shape index (κ3) is 5.24. The second-order valence-electron chi connectivity index (χ2n) is 4.43. The van der Waals surface area contributed by atoms with Gasteiger partial charge in [-0.2, -0.15) is 0 Å². The van der Waals surface area contributed by atoms with E-state index < -0.39 is 0 Å².